The van der Waals surface area contributed by atoms with E-state index in [1.807, 2.05) is 25.9 Å². The summed E-state index contributed by atoms with van der Waals surface area (Å²) < 4.78 is 59.6. The van der Waals surface area contributed by atoms with E-state index in [1.165, 1.54) is 16.9 Å². The number of carbonyl (C=O) groups is 1. The van der Waals surface area contributed by atoms with Crippen LogP contribution in [0.3, 0.4) is 0 Å². The van der Waals surface area contributed by atoms with Crippen molar-refractivity contribution in [1.82, 2.24) is 34.7 Å². The first kappa shape index (κ1) is 27.4. The summed E-state index contributed by atoms with van der Waals surface area (Å²) in [7, 11) is 3.71. The van der Waals surface area contributed by atoms with E-state index in [9.17, 15) is 18.0 Å². The molecule has 5 rings (SSSR count). The van der Waals surface area contributed by atoms with Crippen molar-refractivity contribution < 1.29 is 22.4 Å². The van der Waals surface area contributed by atoms with Gasteiger partial charge >= 0.3 is 6.18 Å². The number of rotatable bonds is 6. The number of nitrogens with zero attached hydrogens (tertiary/aromatic N) is 8. The Morgan fingerprint density at radius 3 is 2.38 bits per heavy atom. The molecule has 0 atom stereocenters. The third-order valence-corrected chi connectivity index (χ3v) is 7.26. The average Bonchev–Trinajstić information content (AvgIpc) is 3.51. The predicted molar refractivity (Wildman–Crippen MR) is 140 cm³/mol. The molecule has 1 aliphatic rings. The van der Waals surface area contributed by atoms with Gasteiger partial charge in [-0.05, 0) is 44.7 Å². The zero-order chi connectivity index (χ0) is 28.8. The first-order chi connectivity index (χ1) is 18.9. The van der Waals surface area contributed by atoms with Gasteiger partial charge in [0.15, 0.2) is 11.6 Å². The number of alkyl halides is 3. The van der Waals surface area contributed by atoms with Gasteiger partial charge in [0.1, 0.15) is 5.69 Å². The summed E-state index contributed by atoms with van der Waals surface area (Å²) in [5.41, 5.74) is 2.12. The number of ketones is 1. The average molecular weight is 557 g/mol. The van der Waals surface area contributed by atoms with Crippen LogP contribution in [0.25, 0.3) is 16.9 Å². The number of aryl methyl sites for hydroxylation is 2. The molecule has 1 aromatic carbocycles. The number of hydrogen-bond donors (Lipinski definition) is 0. The second kappa shape index (κ2) is 10.5. The Hall–Kier alpha value is -4.13. The minimum Gasteiger partial charge on any atom is -0.367 e. The highest BCUT2D eigenvalue weighted by molar-refractivity contribution is 5.98. The maximum absolute atomic E-state index is 15.0. The van der Waals surface area contributed by atoms with E-state index >= 15 is 4.39 Å². The lowest BCUT2D eigenvalue weighted by atomic mass is 9.99. The normalized spacial score (nSPS) is 14.7. The molecule has 4 heterocycles. The number of halogens is 4. The van der Waals surface area contributed by atoms with Gasteiger partial charge in [-0.3, -0.25) is 14.5 Å². The summed E-state index contributed by atoms with van der Waals surface area (Å²) in [6, 6.07) is 3.52. The molecule has 210 valence electrons. The van der Waals surface area contributed by atoms with Crippen LogP contribution in [-0.4, -0.2) is 73.7 Å². The molecule has 0 unspecified atom stereocenters. The molecule has 9 nitrogen and oxygen atoms in total. The van der Waals surface area contributed by atoms with Crippen molar-refractivity contribution in [1.29, 1.82) is 0 Å². The van der Waals surface area contributed by atoms with E-state index in [2.05, 4.69) is 20.4 Å². The molecule has 0 spiro atoms. The first-order valence-electron chi connectivity index (χ1n) is 12.7. The number of carbonyl (C=O) groups excluding carboxylic acids is 1. The van der Waals surface area contributed by atoms with Crippen molar-refractivity contribution in [3.63, 3.8) is 0 Å². The number of aromatic nitrogens is 6. The molecule has 0 saturated carbocycles. The van der Waals surface area contributed by atoms with Gasteiger partial charge in [-0.15, -0.1) is 5.10 Å². The zero-order valence-electron chi connectivity index (χ0n) is 22.5. The monoisotopic (exact) mass is 556 g/mol. The predicted octanol–water partition coefficient (Wildman–Crippen LogP) is 4.01. The number of benzene rings is 1. The van der Waals surface area contributed by atoms with E-state index in [1.54, 1.807) is 35.0 Å². The Kier molecular flexibility index (Phi) is 7.17. The van der Waals surface area contributed by atoms with Crippen LogP contribution in [0.1, 0.15) is 32.9 Å². The number of piperazine rings is 1. The summed E-state index contributed by atoms with van der Waals surface area (Å²) in [4.78, 5) is 21.2. The van der Waals surface area contributed by atoms with Gasteiger partial charge in [0.2, 0.25) is 0 Å². The third kappa shape index (κ3) is 5.33. The molecule has 0 amide bonds. The van der Waals surface area contributed by atoms with Gasteiger partial charge < -0.3 is 9.80 Å². The molecule has 0 bridgehead atoms. The van der Waals surface area contributed by atoms with Crippen LogP contribution in [0.5, 0.6) is 0 Å². The summed E-state index contributed by atoms with van der Waals surface area (Å²) in [5.74, 6) is -1.94. The highest BCUT2D eigenvalue weighted by atomic mass is 19.4. The standard InChI is InChI=1S/C27H28F4N8O/c1-16-23(39-15-22(34-35-39)20-14-33-37(4)17(20)2)9-18(13-32-16)10-25(40)19-11-21(27(29,30)31)26(28)24(12-19)38-7-5-36(3)6-8-38/h9,11-15H,5-8,10H2,1-4H3. The minimum atomic E-state index is -4.95. The maximum atomic E-state index is 15.0. The second-order valence-electron chi connectivity index (χ2n) is 10.0. The zero-order valence-corrected chi connectivity index (χ0v) is 22.5. The second-order valence-corrected chi connectivity index (χ2v) is 10.0. The van der Waals surface area contributed by atoms with Crippen molar-refractivity contribution >= 4 is 11.5 Å². The Balaban J connectivity index is 1.44. The molecule has 1 saturated heterocycles. The van der Waals surface area contributed by atoms with E-state index in [-0.39, 0.29) is 17.7 Å². The molecular weight excluding hydrogens is 528 g/mol. The Bertz CT molecular complexity index is 1570. The molecule has 3 aromatic heterocycles. The van der Waals surface area contributed by atoms with Crippen LogP contribution in [-0.2, 0) is 19.6 Å². The van der Waals surface area contributed by atoms with Crippen LogP contribution in [0.15, 0.2) is 36.8 Å². The number of hydrogen-bond acceptors (Lipinski definition) is 7. The fourth-order valence-electron chi connectivity index (χ4n) is 4.69. The largest absolute Gasteiger partial charge is 0.419 e. The third-order valence-electron chi connectivity index (χ3n) is 7.26. The highest BCUT2D eigenvalue weighted by Gasteiger charge is 2.37. The van der Waals surface area contributed by atoms with Crippen molar-refractivity contribution in [2.45, 2.75) is 26.4 Å². The Morgan fingerprint density at radius 1 is 1.00 bits per heavy atom. The molecule has 13 heteroatoms. The number of anilines is 1. The maximum Gasteiger partial charge on any atom is 0.419 e. The van der Waals surface area contributed by atoms with E-state index in [0.717, 1.165) is 11.3 Å². The lowest BCUT2D eigenvalue weighted by Crippen LogP contribution is -2.45. The molecule has 40 heavy (non-hydrogen) atoms. The molecule has 4 aromatic rings. The van der Waals surface area contributed by atoms with Gasteiger partial charge in [0.25, 0.3) is 0 Å². The van der Waals surface area contributed by atoms with E-state index in [4.69, 9.17) is 0 Å². The van der Waals surface area contributed by atoms with E-state index < -0.39 is 23.3 Å². The van der Waals surface area contributed by atoms with Crippen LogP contribution < -0.4 is 4.90 Å². The smallest absolute Gasteiger partial charge is 0.367 e. The number of pyridine rings is 1. The first-order valence-corrected chi connectivity index (χ1v) is 12.7. The Labute approximate surface area is 228 Å². The highest BCUT2D eigenvalue weighted by Crippen LogP contribution is 2.37. The molecule has 0 radical (unpaired) electrons. The van der Waals surface area contributed by atoms with Crippen molar-refractivity contribution in [2.75, 3.05) is 38.1 Å². The van der Waals surface area contributed by atoms with Gasteiger partial charge in [-0.2, -0.15) is 18.3 Å². The van der Waals surface area contributed by atoms with Gasteiger partial charge in [0, 0.05) is 62.7 Å². The summed E-state index contributed by atoms with van der Waals surface area (Å²) in [6.07, 6.45) is -0.266. The Morgan fingerprint density at radius 2 is 1.73 bits per heavy atom. The molecule has 0 N–H and O–H groups in total. The molecule has 1 aliphatic heterocycles. The van der Waals surface area contributed by atoms with Gasteiger partial charge in [-0.25, -0.2) is 9.07 Å². The topological polar surface area (TPSA) is 85.0 Å². The van der Waals surface area contributed by atoms with Crippen molar-refractivity contribution in [3.05, 3.63) is 70.7 Å². The van der Waals surface area contributed by atoms with Crippen LogP contribution in [0.4, 0.5) is 23.2 Å². The lowest BCUT2D eigenvalue weighted by molar-refractivity contribution is -0.139. The minimum absolute atomic E-state index is 0.208. The van der Waals surface area contributed by atoms with Crippen LogP contribution >= 0.6 is 0 Å². The van der Waals surface area contributed by atoms with Crippen molar-refractivity contribution in [2.24, 2.45) is 7.05 Å². The summed E-state index contributed by atoms with van der Waals surface area (Å²) >= 11 is 0. The van der Waals surface area contributed by atoms with Gasteiger partial charge in [0.05, 0.1) is 35.0 Å². The van der Waals surface area contributed by atoms with E-state index in [0.29, 0.717) is 54.9 Å². The quantitative estimate of drug-likeness (QED) is 0.262. The fraction of sp³-hybridized carbons (Fsp3) is 0.370. The van der Waals surface area contributed by atoms with Gasteiger partial charge in [-0.1, -0.05) is 5.21 Å². The number of Topliss-reactive ketones (excluding diaryl/α,β-unsaturated/α-hetero) is 1. The molecular formula is C27H28F4N8O. The SMILES string of the molecule is Cc1ncc(CC(=O)c2cc(N3CCN(C)CC3)c(F)c(C(F)(F)F)c2)cc1-n1cc(-c2cnn(C)c2C)nn1. The molecule has 0 aliphatic carbocycles. The fourth-order valence-corrected chi connectivity index (χ4v) is 4.69. The summed E-state index contributed by atoms with van der Waals surface area (Å²) in [6.45, 7) is 5.53. The van der Waals surface area contributed by atoms with Crippen LogP contribution in [0.2, 0.25) is 0 Å². The van der Waals surface area contributed by atoms with Crippen molar-refractivity contribution in [3.8, 4) is 16.9 Å². The lowest BCUT2D eigenvalue weighted by Gasteiger charge is -2.34. The summed E-state index contributed by atoms with van der Waals surface area (Å²) in [5, 5.41) is 12.7. The number of likely N-dealkylation sites (N-methyl/N-ethyl adjacent to an activating group) is 1. The van der Waals surface area contributed by atoms with Crippen LogP contribution in [0, 0.1) is 19.7 Å². The molecule has 1 fully saturated rings.